The Labute approximate surface area is 97.1 Å². The first-order chi connectivity index (χ1) is 7.63. The van der Waals surface area contributed by atoms with Gasteiger partial charge in [-0.05, 0) is 19.9 Å². The summed E-state index contributed by atoms with van der Waals surface area (Å²) in [5.74, 6) is 4.13. The molecule has 0 fully saturated rings. The molecule has 2 rings (SSSR count). The number of aryl methyl sites for hydroxylation is 1. The smallest absolute Gasteiger partial charge is 0.123 e. The lowest BCUT2D eigenvalue weighted by atomic mass is 9.81. The van der Waals surface area contributed by atoms with Gasteiger partial charge in [-0.2, -0.15) is 0 Å². The number of benzene rings is 1. The Morgan fingerprint density at radius 3 is 2.94 bits per heavy atom. The van der Waals surface area contributed by atoms with Gasteiger partial charge in [0.05, 0.1) is 12.5 Å². The van der Waals surface area contributed by atoms with Crippen LogP contribution in [0.2, 0.25) is 0 Å². The molecule has 2 atom stereocenters. The van der Waals surface area contributed by atoms with Gasteiger partial charge in [0.15, 0.2) is 0 Å². The first-order valence-electron chi connectivity index (χ1n) is 5.48. The van der Waals surface area contributed by atoms with E-state index in [1.165, 1.54) is 5.56 Å². The Morgan fingerprint density at radius 2 is 2.31 bits per heavy atom. The Bertz CT molecular complexity index is 465. The van der Waals surface area contributed by atoms with Crippen molar-refractivity contribution in [1.29, 1.82) is 0 Å². The molecule has 1 aliphatic rings. The second kappa shape index (κ2) is 4.06. The first-order valence-corrected chi connectivity index (χ1v) is 5.48. The van der Waals surface area contributed by atoms with E-state index < -0.39 is 0 Å². The predicted octanol–water partition coefficient (Wildman–Crippen LogP) is 3.30. The van der Waals surface area contributed by atoms with Gasteiger partial charge in [0, 0.05) is 11.5 Å². The Morgan fingerprint density at radius 1 is 1.56 bits per heavy atom. The fourth-order valence-corrected chi connectivity index (χ4v) is 2.17. The third-order valence-electron chi connectivity index (χ3n) is 3.13. The Kier molecular flexibility index (Phi) is 2.75. The number of terminal acetylenes is 1. The van der Waals surface area contributed by atoms with E-state index in [-0.39, 0.29) is 11.8 Å². The third kappa shape index (κ3) is 1.72. The zero-order valence-electron chi connectivity index (χ0n) is 9.79. The molecule has 0 N–H and O–H groups in total. The molecule has 0 amide bonds. The maximum absolute atomic E-state index is 5.73. The molecule has 16 heavy (non-hydrogen) atoms. The number of fused-ring (bicyclic) bond motifs is 1. The molecule has 82 valence electrons. The summed E-state index contributed by atoms with van der Waals surface area (Å²) in [5.41, 5.74) is 3.43. The van der Waals surface area contributed by atoms with Crippen LogP contribution < -0.4 is 4.74 Å². The summed E-state index contributed by atoms with van der Waals surface area (Å²) in [6.45, 7) is 8.72. The molecular formula is C15H16O. The summed E-state index contributed by atoms with van der Waals surface area (Å²) < 4.78 is 5.73. The van der Waals surface area contributed by atoms with Crippen LogP contribution >= 0.6 is 0 Å². The summed E-state index contributed by atoms with van der Waals surface area (Å²) in [6.07, 6.45) is 5.65. The molecule has 0 aromatic heterocycles. The van der Waals surface area contributed by atoms with Crippen molar-refractivity contribution >= 4 is 0 Å². The molecule has 1 heteroatoms. The zero-order valence-corrected chi connectivity index (χ0v) is 9.79. The van der Waals surface area contributed by atoms with E-state index in [1.54, 1.807) is 0 Å². The van der Waals surface area contributed by atoms with Crippen molar-refractivity contribution in [1.82, 2.24) is 0 Å². The van der Waals surface area contributed by atoms with Crippen LogP contribution in [0, 0.1) is 25.2 Å². The minimum absolute atomic E-state index is 0.0983. The minimum atomic E-state index is 0.0983. The van der Waals surface area contributed by atoms with Gasteiger partial charge in [-0.15, -0.1) is 6.42 Å². The van der Waals surface area contributed by atoms with Crippen molar-refractivity contribution < 1.29 is 4.74 Å². The second-order valence-electron chi connectivity index (χ2n) is 4.45. The number of rotatable bonds is 1. The van der Waals surface area contributed by atoms with Gasteiger partial charge in [0.1, 0.15) is 5.75 Å². The molecule has 0 saturated carbocycles. The largest absolute Gasteiger partial charge is 0.493 e. The van der Waals surface area contributed by atoms with E-state index in [2.05, 4.69) is 25.5 Å². The number of hydrogen-bond donors (Lipinski definition) is 0. The standard InChI is InChI=1S/C15H16O/c1-5-12-13-8-11(4)6-7-15(13)16-9-14(12)10(2)3/h1,6-8,12,14H,2,9H2,3-4H3/t12-,14-/m1/s1. The highest BCUT2D eigenvalue weighted by Crippen LogP contribution is 2.39. The van der Waals surface area contributed by atoms with Crippen molar-refractivity contribution in [2.75, 3.05) is 6.61 Å². The maximum atomic E-state index is 5.73. The fourth-order valence-electron chi connectivity index (χ4n) is 2.17. The fraction of sp³-hybridized carbons (Fsp3) is 0.333. The quantitative estimate of drug-likeness (QED) is 0.512. The Hall–Kier alpha value is -1.68. The summed E-state index contributed by atoms with van der Waals surface area (Å²) in [4.78, 5) is 0. The average Bonchev–Trinajstić information content (AvgIpc) is 2.27. The van der Waals surface area contributed by atoms with E-state index in [0.717, 1.165) is 16.9 Å². The van der Waals surface area contributed by atoms with Crippen LogP contribution in [0.3, 0.4) is 0 Å². The van der Waals surface area contributed by atoms with E-state index in [1.807, 2.05) is 19.1 Å². The minimum Gasteiger partial charge on any atom is -0.493 e. The molecule has 1 heterocycles. The van der Waals surface area contributed by atoms with Crippen molar-refractivity contribution in [2.24, 2.45) is 5.92 Å². The van der Waals surface area contributed by atoms with Gasteiger partial charge < -0.3 is 4.74 Å². The Balaban J connectivity index is 2.48. The topological polar surface area (TPSA) is 9.23 Å². The predicted molar refractivity (Wildman–Crippen MR) is 66.6 cm³/mol. The summed E-state index contributed by atoms with van der Waals surface area (Å²) in [7, 11) is 0. The van der Waals surface area contributed by atoms with Gasteiger partial charge in [-0.3, -0.25) is 0 Å². The van der Waals surface area contributed by atoms with Crippen LogP contribution in [0.4, 0.5) is 0 Å². The molecule has 0 aliphatic carbocycles. The van der Waals surface area contributed by atoms with E-state index in [4.69, 9.17) is 11.2 Å². The van der Waals surface area contributed by atoms with Crippen LogP contribution in [0.5, 0.6) is 5.75 Å². The molecule has 1 nitrogen and oxygen atoms in total. The van der Waals surface area contributed by atoms with E-state index in [9.17, 15) is 0 Å². The van der Waals surface area contributed by atoms with Crippen LogP contribution in [-0.2, 0) is 0 Å². The highest BCUT2D eigenvalue weighted by Gasteiger charge is 2.29. The van der Waals surface area contributed by atoms with E-state index in [0.29, 0.717) is 6.61 Å². The third-order valence-corrected chi connectivity index (χ3v) is 3.13. The van der Waals surface area contributed by atoms with Crippen LogP contribution in [0.15, 0.2) is 30.4 Å². The monoisotopic (exact) mass is 212 g/mol. The highest BCUT2D eigenvalue weighted by atomic mass is 16.5. The SMILES string of the molecule is C#C[C@@H]1c2cc(C)ccc2OC[C@@H]1C(=C)C. The van der Waals surface area contributed by atoms with Gasteiger partial charge in [-0.25, -0.2) is 0 Å². The number of ether oxygens (including phenoxy) is 1. The van der Waals surface area contributed by atoms with Crippen LogP contribution in [-0.4, -0.2) is 6.61 Å². The van der Waals surface area contributed by atoms with Crippen molar-refractivity contribution in [2.45, 2.75) is 19.8 Å². The van der Waals surface area contributed by atoms with Gasteiger partial charge >= 0.3 is 0 Å². The lowest BCUT2D eigenvalue weighted by Crippen LogP contribution is -2.25. The molecule has 0 saturated heterocycles. The lowest BCUT2D eigenvalue weighted by Gasteiger charge is -2.31. The summed E-state index contributed by atoms with van der Waals surface area (Å²) in [5, 5.41) is 0. The lowest BCUT2D eigenvalue weighted by molar-refractivity contribution is 0.233. The average molecular weight is 212 g/mol. The van der Waals surface area contributed by atoms with Crippen molar-refractivity contribution in [3.05, 3.63) is 41.5 Å². The van der Waals surface area contributed by atoms with Gasteiger partial charge in [-0.1, -0.05) is 35.8 Å². The van der Waals surface area contributed by atoms with Crippen molar-refractivity contribution in [3.63, 3.8) is 0 Å². The molecule has 1 aliphatic heterocycles. The maximum Gasteiger partial charge on any atom is 0.123 e. The molecule has 1 aromatic rings. The molecule has 0 radical (unpaired) electrons. The summed E-state index contributed by atoms with van der Waals surface area (Å²) >= 11 is 0. The zero-order chi connectivity index (χ0) is 11.7. The molecule has 0 unspecified atom stereocenters. The summed E-state index contributed by atoms with van der Waals surface area (Å²) in [6, 6.07) is 6.17. The molecule has 0 bridgehead atoms. The number of hydrogen-bond acceptors (Lipinski definition) is 1. The second-order valence-corrected chi connectivity index (χ2v) is 4.45. The van der Waals surface area contributed by atoms with Gasteiger partial charge in [0.2, 0.25) is 0 Å². The molecule has 1 aromatic carbocycles. The van der Waals surface area contributed by atoms with Crippen LogP contribution in [0.25, 0.3) is 0 Å². The molecule has 0 spiro atoms. The van der Waals surface area contributed by atoms with Gasteiger partial charge in [0.25, 0.3) is 0 Å². The first kappa shape index (κ1) is 10.8. The van der Waals surface area contributed by atoms with E-state index >= 15 is 0 Å². The highest BCUT2D eigenvalue weighted by molar-refractivity contribution is 5.45. The van der Waals surface area contributed by atoms with Crippen LogP contribution in [0.1, 0.15) is 24.0 Å². The van der Waals surface area contributed by atoms with Crippen molar-refractivity contribution in [3.8, 4) is 18.1 Å². The molecular weight excluding hydrogens is 196 g/mol. The normalized spacial score (nSPS) is 22.8.